The van der Waals surface area contributed by atoms with Crippen LogP contribution in [0.3, 0.4) is 0 Å². The largest absolute Gasteiger partial charge is 0.274 e. The van der Waals surface area contributed by atoms with Crippen LogP contribution in [-0.4, -0.2) is 11.8 Å². The Morgan fingerprint density at radius 3 is 2.25 bits per heavy atom. The Bertz CT molecular complexity index is 826. The predicted octanol–water partition coefficient (Wildman–Crippen LogP) is 4.43. The summed E-state index contributed by atoms with van der Waals surface area (Å²) in [6.45, 7) is 0. The van der Waals surface area contributed by atoms with Crippen LogP contribution in [0.4, 0.5) is 5.69 Å². The molecule has 0 spiro atoms. The highest BCUT2D eigenvalue weighted by Crippen LogP contribution is 2.42. The number of benzene rings is 2. The van der Waals surface area contributed by atoms with Gasteiger partial charge >= 0.3 is 0 Å². The first kappa shape index (κ1) is 15.3. The average Bonchev–Trinajstić information content (AvgIpc) is 2.87. The summed E-state index contributed by atoms with van der Waals surface area (Å²) in [7, 11) is 0. The van der Waals surface area contributed by atoms with Crippen LogP contribution < -0.4 is 4.90 Å². The zero-order chi connectivity index (χ0) is 16.7. The Labute approximate surface area is 149 Å². The summed E-state index contributed by atoms with van der Waals surface area (Å²) in [4.78, 5) is 27.0. The summed E-state index contributed by atoms with van der Waals surface area (Å²) >= 11 is 3.38. The Morgan fingerprint density at radius 1 is 0.875 bits per heavy atom. The van der Waals surface area contributed by atoms with Crippen LogP contribution in [0.2, 0.25) is 0 Å². The molecule has 1 saturated heterocycles. The number of amides is 2. The van der Waals surface area contributed by atoms with Gasteiger partial charge < -0.3 is 0 Å². The monoisotopic (exact) mass is 381 g/mol. The molecule has 0 radical (unpaired) electrons. The van der Waals surface area contributed by atoms with E-state index in [0.717, 1.165) is 15.6 Å². The first-order valence-corrected chi connectivity index (χ1v) is 8.82. The fourth-order valence-corrected chi connectivity index (χ4v) is 3.87. The van der Waals surface area contributed by atoms with Crippen molar-refractivity contribution in [2.24, 2.45) is 11.8 Å². The molecular formula is C20H16BrNO2. The third-order valence-electron chi connectivity index (χ3n) is 4.85. The molecule has 0 bridgehead atoms. The van der Waals surface area contributed by atoms with E-state index in [1.165, 1.54) is 4.90 Å². The van der Waals surface area contributed by atoms with E-state index < -0.39 is 0 Å². The van der Waals surface area contributed by atoms with Gasteiger partial charge in [-0.25, -0.2) is 0 Å². The zero-order valence-electron chi connectivity index (χ0n) is 13.0. The maximum atomic E-state index is 12.9. The molecule has 4 heteroatoms. The summed E-state index contributed by atoms with van der Waals surface area (Å²) in [5.74, 6) is -0.625. The molecule has 2 aliphatic rings. The van der Waals surface area contributed by atoms with Gasteiger partial charge in [0.2, 0.25) is 11.8 Å². The van der Waals surface area contributed by atoms with E-state index in [9.17, 15) is 9.59 Å². The minimum Gasteiger partial charge on any atom is -0.274 e. The molecule has 0 saturated carbocycles. The number of imide groups is 1. The van der Waals surface area contributed by atoms with Crippen LogP contribution in [-0.2, 0) is 9.59 Å². The molecule has 2 amide bonds. The van der Waals surface area contributed by atoms with Crippen molar-refractivity contribution in [2.75, 3.05) is 4.90 Å². The molecule has 2 aromatic rings. The van der Waals surface area contributed by atoms with Crippen molar-refractivity contribution in [3.63, 3.8) is 0 Å². The summed E-state index contributed by atoms with van der Waals surface area (Å²) in [6.07, 6.45) is 3.38. The molecule has 2 aromatic carbocycles. The summed E-state index contributed by atoms with van der Waals surface area (Å²) in [5.41, 5.74) is 2.96. The Hall–Kier alpha value is -2.20. The van der Waals surface area contributed by atoms with Crippen molar-refractivity contribution in [2.45, 2.75) is 12.8 Å². The number of halogens is 1. The lowest BCUT2D eigenvalue weighted by Crippen LogP contribution is -2.30. The fraction of sp³-hybridized carbons (Fsp3) is 0.200. The van der Waals surface area contributed by atoms with Crippen LogP contribution >= 0.6 is 15.9 Å². The molecule has 4 rings (SSSR count). The number of nitrogens with zero attached hydrogens (tertiary/aromatic N) is 1. The third-order valence-corrected chi connectivity index (χ3v) is 5.38. The lowest BCUT2D eigenvalue weighted by molar-refractivity contribution is -0.122. The molecule has 1 fully saturated rings. The number of anilines is 1. The van der Waals surface area contributed by atoms with E-state index in [2.05, 4.69) is 34.1 Å². The Morgan fingerprint density at radius 2 is 1.54 bits per heavy atom. The molecule has 0 aromatic heterocycles. The van der Waals surface area contributed by atoms with Crippen LogP contribution in [0.25, 0.3) is 5.57 Å². The highest BCUT2D eigenvalue weighted by atomic mass is 79.9. The number of carbonyl (C=O) groups is 2. The van der Waals surface area contributed by atoms with E-state index in [1.54, 1.807) is 0 Å². The molecule has 24 heavy (non-hydrogen) atoms. The second-order valence-electron chi connectivity index (χ2n) is 6.24. The normalized spacial score (nSPS) is 23.2. The number of allylic oxidation sites excluding steroid dienone is 2. The van der Waals surface area contributed by atoms with Gasteiger partial charge in [-0.1, -0.05) is 52.3 Å². The number of hydrogen-bond donors (Lipinski definition) is 0. The third kappa shape index (κ3) is 2.51. The lowest BCUT2D eigenvalue weighted by Gasteiger charge is -2.21. The maximum absolute atomic E-state index is 12.9. The van der Waals surface area contributed by atoms with E-state index in [4.69, 9.17) is 0 Å². The van der Waals surface area contributed by atoms with Gasteiger partial charge in [-0.15, -0.1) is 0 Å². The molecule has 120 valence electrons. The molecule has 2 atom stereocenters. The highest BCUT2D eigenvalue weighted by Gasteiger charge is 2.49. The number of hydrogen-bond acceptors (Lipinski definition) is 2. The number of carbonyl (C=O) groups excluding carboxylic acids is 2. The predicted molar refractivity (Wildman–Crippen MR) is 97.3 cm³/mol. The van der Waals surface area contributed by atoms with Crippen molar-refractivity contribution in [3.05, 3.63) is 70.7 Å². The summed E-state index contributed by atoms with van der Waals surface area (Å²) in [5, 5.41) is 0. The zero-order valence-corrected chi connectivity index (χ0v) is 14.6. The second-order valence-corrected chi connectivity index (χ2v) is 7.15. The van der Waals surface area contributed by atoms with Gasteiger partial charge in [0, 0.05) is 4.47 Å². The summed E-state index contributed by atoms with van der Waals surface area (Å²) < 4.78 is 0.927. The second kappa shape index (κ2) is 6.02. The van der Waals surface area contributed by atoms with Gasteiger partial charge in [-0.3, -0.25) is 14.5 Å². The van der Waals surface area contributed by atoms with Gasteiger partial charge in [-0.05, 0) is 48.2 Å². The molecule has 1 aliphatic heterocycles. The van der Waals surface area contributed by atoms with Crippen molar-refractivity contribution in [3.8, 4) is 0 Å². The smallest absolute Gasteiger partial charge is 0.238 e. The average molecular weight is 382 g/mol. The van der Waals surface area contributed by atoms with E-state index in [1.807, 2.05) is 42.5 Å². The Balaban J connectivity index is 1.63. The molecule has 3 nitrogen and oxygen atoms in total. The maximum Gasteiger partial charge on any atom is 0.238 e. The molecule has 1 aliphatic carbocycles. The standard InChI is InChI=1S/C20H16BrNO2/c21-15-7-9-16(10-8-15)22-19(23)17-11-6-14(12-18(17)20(22)24)13-4-2-1-3-5-13/h1-10,17-18H,11-12H2/t17-,18-/m1/s1. The van der Waals surface area contributed by atoms with Crippen LogP contribution in [0.15, 0.2) is 65.1 Å². The molecule has 1 heterocycles. The van der Waals surface area contributed by atoms with Gasteiger partial charge in [0.1, 0.15) is 0 Å². The minimum atomic E-state index is -0.249. The van der Waals surface area contributed by atoms with Crippen LogP contribution in [0.5, 0.6) is 0 Å². The van der Waals surface area contributed by atoms with Crippen molar-refractivity contribution in [1.82, 2.24) is 0 Å². The summed E-state index contributed by atoms with van der Waals surface area (Å²) in [6, 6.07) is 17.4. The van der Waals surface area contributed by atoms with E-state index in [0.29, 0.717) is 18.5 Å². The van der Waals surface area contributed by atoms with Gasteiger partial charge in [-0.2, -0.15) is 0 Å². The molecule has 0 N–H and O–H groups in total. The molecule has 0 unspecified atom stereocenters. The van der Waals surface area contributed by atoms with Crippen LogP contribution in [0.1, 0.15) is 18.4 Å². The van der Waals surface area contributed by atoms with Crippen molar-refractivity contribution >= 4 is 39.0 Å². The van der Waals surface area contributed by atoms with Gasteiger partial charge in [0.05, 0.1) is 17.5 Å². The first-order valence-electron chi connectivity index (χ1n) is 8.03. The van der Waals surface area contributed by atoms with Crippen molar-refractivity contribution < 1.29 is 9.59 Å². The van der Waals surface area contributed by atoms with Crippen molar-refractivity contribution in [1.29, 1.82) is 0 Å². The van der Waals surface area contributed by atoms with Gasteiger partial charge in [0.25, 0.3) is 0 Å². The van der Waals surface area contributed by atoms with Gasteiger partial charge in [0.15, 0.2) is 0 Å². The highest BCUT2D eigenvalue weighted by molar-refractivity contribution is 9.10. The quantitative estimate of drug-likeness (QED) is 0.721. The first-order chi connectivity index (χ1) is 11.6. The molecular weight excluding hydrogens is 366 g/mol. The number of fused-ring (bicyclic) bond motifs is 1. The van der Waals surface area contributed by atoms with E-state index >= 15 is 0 Å². The SMILES string of the molecule is O=C1[C@@H]2CC=C(c3ccccc3)C[C@H]2C(=O)N1c1ccc(Br)cc1. The fourth-order valence-electron chi connectivity index (χ4n) is 3.60. The van der Waals surface area contributed by atoms with E-state index in [-0.39, 0.29) is 23.7 Å². The van der Waals surface area contributed by atoms with Crippen LogP contribution in [0, 0.1) is 11.8 Å². The Kier molecular flexibility index (Phi) is 3.85. The lowest BCUT2D eigenvalue weighted by atomic mass is 9.79. The minimum absolute atomic E-state index is 0.0734. The topological polar surface area (TPSA) is 37.4 Å². The number of rotatable bonds is 2.